The molecule has 0 saturated heterocycles. The molecule has 0 amide bonds. The molecular weight excluding hydrogens is 252 g/mol. The Morgan fingerprint density at radius 2 is 2.20 bits per heavy atom. The Morgan fingerprint density at radius 3 is 2.90 bits per heavy atom. The lowest BCUT2D eigenvalue weighted by atomic mass is 10.0. The van der Waals surface area contributed by atoms with Crippen molar-refractivity contribution in [2.75, 3.05) is 7.11 Å². The molecule has 0 saturated carbocycles. The average molecular weight is 272 g/mol. The van der Waals surface area contributed by atoms with Gasteiger partial charge in [-0.15, -0.1) is 0 Å². The predicted octanol–water partition coefficient (Wildman–Crippen LogP) is 2.84. The van der Waals surface area contributed by atoms with Crippen molar-refractivity contribution >= 4 is 16.9 Å². The van der Waals surface area contributed by atoms with E-state index in [1.54, 1.807) is 6.20 Å². The van der Waals surface area contributed by atoms with Crippen molar-refractivity contribution in [1.82, 2.24) is 10.3 Å². The lowest BCUT2D eigenvalue weighted by Gasteiger charge is -2.21. The quantitative estimate of drug-likeness (QED) is 0.850. The number of nitrogens with one attached hydrogen (secondary N) is 1. The first-order valence-electron chi connectivity index (χ1n) is 6.84. The number of methoxy groups -OCH3 is 1. The van der Waals surface area contributed by atoms with Gasteiger partial charge in [-0.3, -0.25) is 10.3 Å². The van der Waals surface area contributed by atoms with Crippen molar-refractivity contribution in [3.8, 4) is 0 Å². The zero-order valence-corrected chi connectivity index (χ0v) is 12.1. The van der Waals surface area contributed by atoms with E-state index in [-0.39, 0.29) is 12.0 Å². The fourth-order valence-electron chi connectivity index (χ4n) is 2.09. The van der Waals surface area contributed by atoms with Gasteiger partial charge in [-0.2, -0.15) is 0 Å². The lowest BCUT2D eigenvalue weighted by Crippen LogP contribution is -2.35. The highest BCUT2D eigenvalue weighted by atomic mass is 16.5. The molecule has 0 spiro atoms. The van der Waals surface area contributed by atoms with Crippen LogP contribution in [0.25, 0.3) is 10.9 Å². The van der Waals surface area contributed by atoms with Crippen molar-refractivity contribution in [3.63, 3.8) is 0 Å². The number of rotatable bonds is 5. The second-order valence-corrected chi connectivity index (χ2v) is 4.89. The van der Waals surface area contributed by atoms with E-state index < -0.39 is 6.04 Å². The van der Waals surface area contributed by atoms with Gasteiger partial charge in [0.15, 0.2) is 0 Å². The van der Waals surface area contributed by atoms with Crippen LogP contribution < -0.4 is 5.32 Å². The van der Waals surface area contributed by atoms with Crippen molar-refractivity contribution < 1.29 is 9.53 Å². The van der Waals surface area contributed by atoms with E-state index in [4.69, 9.17) is 4.74 Å². The van der Waals surface area contributed by atoms with Crippen LogP contribution >= 0.6 is 0 Å². The molecule has 0 bridgehead atoms. The van der Waals surface area contributed by atoms with Gasteiger partial charge in [-0.1, -0.05) is 19.1 Å². The van der Waals surface area contributed by atoms with Gasteiger partial charge in [0, 0.05) is 17.6 Å². The standard InChI is InChI=1S/C16H20N2O2/c1-4-11(2)18-15(16(19)20-3)13-7-8-14-12(10-13)6-5-9-17-14/h5-11,15,18H,4H2,1-3H3. The number of esters is 1. The molecule has 106 valence electrons. The number of benzene rings is 1. The van der Waals surface area contributed by atoms with E-state index in [1.807, 2.05) is 30.3 Å². The maximum atomic E-state index is 12.0. The minimum absolute atomic E-state index is 0.240. The van der Waals surface area contributed by atoms with Crippen molar-refractivity contribution in [2.24, 2.45) is 0 Å². The van der Waals surface area contributed by atoms with Crippen LogP contribution in [0.2, 0.25) is 0 Å². The molecule has 2 aromatic rings. The van der Waals surface area contributed by atoms with E-state index in [0.29, 0.717) is 0 Å². The van der Waals surface area contributed by atoms with E-state index in [2.05, 4.69) is 24.1 Å². The van der Waals surface area contributed by atoms with Crippen molar-refractivity contribution in [1.29, 1.82) is 0 Å². The second kappa shape index (κ2) is 6.48. The highest BCUT2D eigenvalue weighted by Gasteiger charge is 2.22. The minimum Gasteiger partial charge on any atom is -0.468 e. The maximum absolute atomic E-state index is 12.0. The van der Waals surface area contributed by atoms with Gasteiger partial charge in [0.2, 0.25) is 0 Å². The van der Waals surface area contributed by atoms with Crippen LogP contribution in [0.4, 0.5) is 0 Å². The monoisotopic (exact) mass is 272 g/mol. The third kappa shape index (κ3) is 3.14. The van der Waals surface area contributed by atoms with Crippen LogP contribution in [0.5, 0.6) is 0 Å². The summed E-state index contributed by atoms with van der Waals surface area (Å²) in [6.07, 6.45) is 2.71. The number of pyridine rings is 1. The normalized spacial score (nSPS) is 13.9. The molecule has 1 N–H and O–H groups in total. The highest BCUT2D eigenvalue weighted by molar-refractivity contribution is 5.83. The van der Waals surface area contributed by atoms with Gasteiger partial charge in [-0.05, 0) is 37.1 Å². The molecule has 1 aromatic heterocycles. The first-order chi connectivity index (χ1) is 9.65. The third-order valence-corrected chi connectivity index (χ3v) is 3.46. The summed E-state index contributed by atoms with van der Waals surface area (Å²) in [4.78, 5) is 16.3. The van der Waals surface area contributed by atoms with Crippen LogP contribution in [0, 0.1) is 0 Å². The molecular formula is C16H20N2O2. The summed E-state index contributed by atoms with van der Waals surface area (Å²) >= 11 is 0. The Balaban J connectivity index is 2.37. The summed E-state index contributed by atoms with van der Waals surface area (Å²) in [5.74, 6) is -0.270. The smallest absolute Gasteiger partial charge is 0.327 e. The van der Waals surface area contributed by atoms with Crippen LogP contribution in [0.1, 0.15) is 31.9 Å². The summed E-state index contributed by atoms with van der Waals surface area (Å²) < 4.78 is 4.91. The van der Waals surface area contributed by atoms with Gasteiger partial charge in [0.25, 0.3) is 0 Å². The van der Waals surface area contributed by atoms with Gasteiger partial charge in [0.1, 0.15) is 6.04 Å². The molecule has 0 aliphatic rings. The Labute approximate surface area is 119 Å². The Bertz CT molecular complexity index is 598. The average Bonchev–Trinajstić information content (AvgIpc) is 2.51. The topological polar surface area (TPSA) is 51.2 Å². The van der Waals surface area contributed by atoms with Gasteiger partial charge < -0.3 is 4.74 Å². The fraction of sp³-hybridized carbons (Fsp3) is 0.375. The predicted molar refractivity (Wildman–Crippen MR) is 79.4 cm³/mol. The SMILES string of the molecule is CCC(C)NC(C(=O)OC)c1ccc2ncccc2c1. The van der Waals surface area contributed by atoms with E-state index in [9.17, 15) is 4.79 Å². The van der Waals surface area contributed by atoms with E-state index in [1.165, 1.54) is 7.11 Å². The van der Waals surface area contributed by atoms with Crippen molar-refractivity contribution in [2.45, 2.75) is 32.4 Å². The number of hydrogen-bond donors (Lipinski definition) is 1. The number of aromatic nitrogens is 1. The number of fused-ring (bicyclic) bond motifs is 1. The molecule has 1 heterocycles. The molecule has 2 unspecified atom stereocenters. The highest BCUT2D eigenvalue weighted by Crippen LogP contribution is 2.21. The van der Waals surface area contributed by atoms with Gasteiger partial charge in [0.05, 0.1) is 12.6 Å². The number of carbonyl (C=O) groups is 1. The van der Waals surface area contributed by atoms with Crippen LogP contribution in [0.15, 0.2) is 36.5 Å². The minimum atomic E-state index is -0.445. The maximum Gasteiger partial charge on any atom is 0.327 e. The number of nitrogens with zero attached hydrogens (tertiary/aromatic N) is 1. The van der Waals surface area contributed by atoms with Gasteiger partial charge in [-0.25, -0.2) is 4.79 Å². The lowest BCUT2D eigenvalue weighted by molar-refractivity contribution is -0.143. The van der Waals surface area contributed by atoms with Crippen LogP contribution in [-0.2, 0) is 9.53 Å². The molecule has 0 fully saturated rings. The van der Waals surface area contributed by atoms with Gasteiger partial charge >= 0.3 is 5.97 Å². The van der Waals surface area contributed by atoms with Crippen molar-refractivity contribution in [3.05, 3.63) is 42.1 Å². The molecule has 2 rings (SSSR count). The fourth-order valence-corrected chi connectivity index (χ4v) is 2.09. The third-order valence-electron chi connectivity index (χ3n) is 3.46. The molecule has 0 aliphatic heterocycles. The molecule has 4 nitrogen and oxygen atoms in total. The number of hydrogen-bond acceptors (Lipinski definition) is 4. The van der Waals surface area contributed by atoms with E-state index >= 15 is 0 Å². The van der Waals surface area contributed by atoms with E-state index in [0.717, 1.165) is 22.9 Å². The number of carbonyl (C=O) groups excluding carboxylic acids is 1. The Morgan fingerprint density at radius 1 is 1.40 bits per heavy atom. The first kappa shape index (κ1) is 14.5. The zero-order valence-electron chi connectivity index (χ0n) is 12.1. The second-order valence-electron chi connectivity index (χ2n) is 4.89. The molecule has 4 heteroatoms. The van der Waals surface area contributed by atoms with Crippen LogP contribution in [0.3, 0.4) is 0 Å². The molecule has 0 aliphatic carbocycles. The Hall–Kier alpha value is -1.94. The first-order valence-corrected chi connectivity index (χ1v) is 6.84. The Kier molecular flexibility index (Phi) is 4.69. The molecule has 2 atom stereocenters. The summed E-state index contributed by atoms with van der Waals surface area (Å²) in [5.41, 5.74) is 1.82. The molecule has 0 radical (unpaired) electrons. The summed E-state index contributed by atoms with van der Waals surface area (Å²) in [7, 11) is 1.41. The summed E-state index contributed by atoms with van der Waals surface area (Å²) in [6.45, 7) is 4.13. The number of ether oxygens (including phenoxy) is 1. The largest absolute Gasteiger partial charge is 0.468 e. The molecule has 1 aromatic carbocycles. The summed E-state index contributed by atoms with van der Waals surface area (Å²) in [6, 6.07) is 9.51. The van der Waals surface area contributed by atoms with Crippen LogP contribution in [-0.4, -0.2) is 24.1 Å². The zero-order chi connectivity index (χ0) is 14.5. The molecule has 20 heavy (non-hydrogen) atoms. The summed E-state index contributed by atoms with van der Waals surface area (Å²) in [5, 5.41) is 4.32.